The summed E-state index contributed by atoms with van der Waals surface area (Å²) in [6, 6.07) is 0.684. The first-order valence-electron chi connectivity index (χ1n) is 7.62. The highest BCUT2D eigenvalue weighted by molar-refractivity contribution is 5.75. The van der Waals surface area contributed by atoms with Crippen LogP contribution < -0.4 is 0 Å². The van der Waals surface area contributed by atoms with Gasteiger partial charge in [-0.2, -0.15) is 0 Å². The summed E-state index contributed by atoms with van der Waals surface area (Å²) in [7, 11) is 4.17. The van der Waals surface area contributed by atoms with Gasteiger partial charge in [-0.3, -0.25) is 9.69 Å². The van der Waals surface area contributed by atoms with Gasteiger partial charge < -0.3 is 19.8 Å². The average molecular weight is 298 g/mol. The summed E-state index contributed by atoms with van der Waals surface area (Å²) < 4.78 is 0. The third-order valence-electron chi connectivity index (χ3n) is 4.47. The molecular weight excluding hydrogens is 272 g/mol. The number of amides is 2. The Morgan fingerprint density at radius 1 is 1.00 bits per heavy atom. The van der Waals surface area contributed by atoms with E-state index in [1.165, 1.54) is 0 Å². The van der Waals surface area contributed by atoms with E-state index in [1.54, 1.807) is 0 Å². The van der Waals surface area contributed by atoms with E-state index in [4.69, 9.17) is 5.11 Å². The molecule has 7 nitrogen and oxygen atoms in total. The molecule has 21 heavy (non-hydrogen) atoms. The van der Waals surface area contributed by atoms with Crippen molar-refractivity contribution in [2.24, 2.45) is 0 Å². The number of carboxylic acids is 1. The van der Waals surface area contributed by atoms with Crippen LogP contribution in [0, 0.1) is 0 Å². The molecule has 0 aromatic heterocycles. The van der Waals surface area contributed by atoms with Crippen molar-refractivity contribution in [1.29, 1.82) is 0 Å². The van der Waals surface area contributed by atoms with E-state index in [0.717, 1.165) is 25.9 Å². The summed E-state index contributed by atoms with van der Waals surface area (Å²) in [5.74, 6) is -0.805. The van der Waals surface area contributed by atoms with Crippen molar-refractivity contribution in [2.45, 2.75) is 18.9 Å². The molecule has 2 fully saturated rings. The summed E-state index contributed by atoms with van der Waals surface area (Å²) in [5.41, 5.74) is 0. The first-order chi connectivity index (χ1) is 9.97. The van der Waals surface area contributed by atoms with Gasteiger partial charge in [-0.1, -0.05) is 0 Å². The Labute approximate surface area is 126 Å². The van der Waals surface area contributed by atoms with Crippen LogP contribution in [0.15, 0.2) is 0 Å². The van der Waals surface area contributed by atoms with Gasteiger partial charge in [0.2, 0.25) is 0 Å². The number of hydrogen-bond acceptors (Lipinski definition) is 4. The number of urea groups is 1. The Bertz CT molecular complexity index is 372. The molecule has 2 heterocycles. The second kappa shape index (κ2) is 7.09. The monoisotopic (exact) mass is 298 g/mol. The van der Waals surface area contributed by atoms with Crippen LogP contribution in [-0.4, -0.2) is 103 Å². The first-order valence-corrected chi connectivity index (χ1v) is 7.62. The average Bonchev–Trinajstić information content (AvgIpc) is 2.47. The van der Waals surface area contributed by atoms with E-state index in [-0.39, 0.29) is 12.6 Å². The van der Waals surface area contributed by atoms with E-state index >= 15 is 0 Å². The van der Waals surface area contributed by atoms with Crippen molar-refractivity contribution in [2.75, 3.05) is 59.9 Å². The number of piperidine rings is 1. The van der Waals surface area contributed by atoms with E-state index in [9.17, 15) is 9.59 Å². The van der Waals surface area contributed by atoms with Crippen LogP contribution in [-0.2, 0) is 4.79 Å². The van der Waals surface area contributed by atoms with Crippen LogP contribution in [0.2, 0.25) is 0 Å². The third kappa shape index (κ3) is 4.31. The van der Waals surface area contributed by atoms with Gasteiger partial charge in [-0.05, 0) is 26.9 Å². The largest absolute Gasteiger partial charge is 0.480 e. The fourth-order valence-corrected chi connectivity index (χ4v) is 3.06. The highest BCUT2D eigenvalue weighted by atomic mass is 16.4. The standard InChI is InChI=1S/C14H26N4O3/c1-15(2)12-3-5-17(6-4-12)14(21)18-9-7-16(8-10-18)11-13(19)20/h12H,3-11H2,1-2H3,(H,19,20). The van der Waals surface area contributed by atoms with E-state index in [0.29, 0.717) is 32.2 Å². The molecule has 7 heteroatoms. The smallest absolute Gasteiger partial charge is 0.320 e. The lowest BCUT2D eigenvalue weighted by molar-refractivity contribution is -0.138. The highest BCUT2D eigenvalue weighted by Crippen LogP contribution is 2.16. The number of rotatable bonds is 3. The zero-order valence-electron chi connectivity index (χ0n) is 13.0. The molecule has 0 spiro atoms. The third-order valence-corrected chi connectivity index (χ3v) is 4.47. The molecular formula is C14H26N4O3. The Morgan fingerprint density at radius 3 is 2.00 bits per heavy atom. The van der Waals surface area contributed by atoms with Crippen LogP contribution in [0.5, 0.6) is 0 Å². The van der Waals surface area contributed by atoms with Crippen LogP contribution >= 0.6 is 0 Å². The molecule has 120 valence electrons. The van der Waals surface area contributed by atoms with Gasteiger partial charge in [0.15, 0.2) is 0 Å². The number of piperazine rings is 1. The van der Waals surface area contributed by atoms with Crippen LogP contribution in [0.25, 0.3) is 0 Å². The van der Waals surface area contributed by atoms with Gasteiger partial charge in [-0.15, -0.1) is 0 Å². The Hall–Kier alpha value is -1.34. The molecule has 0 atom stereocenters. The number of carbonyl (C=O) groups is 2. The molecule has 0 aromatic rings. The van der Waals surface area contributed by atoms with E-state index in [2.05, 4.69) is 19.0 Å². The summed E-state index contributed by atoms with van der Waals surface area (Å²) in [4.78, 5) is 31.0. The topological polar surface area (TPSA) is 67.3 Å². The molecule has 2 saturated heterocycles. The van der Waals surface area contributed by atoms with Crippen molar-refractivity contribution in [3.05, 3.63) is 0 Å². The predicted molar refractivity (Wildman–Crippen MR) is 79.3 cm³/mol. The normalized spacial score (nSPS) is 21.9. The quantitative estimate of drug-likeness (QED) is 0.784. The first kappa shape index (κ1) is 16.0. The van der Waals surface area contributed by atoms with Gasteiger partial charge in [0.05, 0.1) is 6.54 Å². The van der Waals surface area contributed by atoms with Crippen molar-refractivity contribution < 1.29 is 14.7 Å². The second-order valence-corrected chi connectivity index (χ2v) is 6.12. The maximum Gasteiger partial charge on any atom is 0.320 e. The number of carbonyl (C=O) groups excluding carboxylic acids is 1. The number of nitrogens with zero attached hydrogens (tertiary/aromatic N) is 4. The fourth-order valence-electron chi connectivity index (χ4n) is 3.06. The Balaban J connectivity index is 1.76. The van der Waals surface area contributed by atoms with E-state index in [1.807, 2.05) is 14.7 Å². The van der Waals surface area contributed by atoms with Crippen LogP contribution in [0.4, 0.5) is 4.79 Å². The van der Waals surface area contributed by atoms with Crippen LogP contribution in [0.1, 0.15) is 12.8 Å². The molecule has 0 unspecified atom stereocenters. The van der Waals surface area contributed by atoms with Gasteiger partial charge in [0.1, 0.15) is 0 Å². The van der Waals surface area contributed by atoms with Crippen molar-refractivity contribution in [1.82, 2.24) is 19.6 Å². The van der Waals surface area contributed by atoms with Crippen LogP contribution in [0.3, 0.4) is 0 Å². The minimum absolute atomic E-state index is 0.0657. The number of hydrogen-bond donors (Lipinski definition) is 1. The Morgan fingerprint density at radius 2 is 1.52 bits per heavy atom. The lowest BCUT2D eigenvalue weighted by Crippen LogP contribution is -2.55. The minimum Gasteiger partial charge on any atom is -0.480 e. The SMILES string of the molecule is CN(C)C1CCN(C(=O)N2CCN(CC(=O)O)CC2)CC1. The molecule has 2 amide bonds. The number of likely N-dealkylation sites (tertiary alicyclic amines) is 1. The maximum atomic E-state index is 12.5. The zero-order valence-corrected chi connectivity index (χ0v) is 13.0. The highest BCUT2D eigenvalue weighted by Gasteiger charge is 2.29. The van der Waals surface area contributed by atoms with Gasteiger partial charge >= 0.3 is 12.0 Å². The summed E-state index contributed by atoms with van der Waals surface area (Å²) in [6.07, 6.45) is 2.05. The van der Waals surface area contributed by atoms with Crippen molar-refractivity contribution >= 4 is 12.0 Å². The molecule has 0 saturated carbocycles. The van der Waals surface area contributed by atoms with Crippen molar-refractivity contribution in [3.8, 4) is 0 Å². The summed E-state index contributed by atoms with van der Waals surface area (Å²) in [5, 5.41) is 8.78. The number of carboxylic acid groups (broad SMARTS) is 1. The number of aliphatic carboxylic acids is 1. The van der Waals surface area contributed by atoms with Gasteiger partial charge in [0.25, 0.3) is 0 Å². The molecule has 2 aliphatic heterocycles. The molecule has 0 aliphatic carbocycles. The molecule has 2 aliphatic rings. The molecule has 0 radical (unpaired) electrons. The van der Waals surface area contributed by atoms with Gasteiger partial charge in [-0.25, -0.2) is 4.79 Å². The molecule has 0 bridgehead atoms. The Kier molecular flexibility index (Phi) is 5.41. The summed E-state index contributed by atoms with van der Waals surface area (Å²) in [6.45, 7) is 4.24. The van der Waals surface area contributed by atoms with E-state index < -0.39 is 5.97 Å². The molecule has 2 rings (SSSR count). The maximum absolute atomic E-state index is 12.5. The lowest BCUT2D eigenvalue weighted by Gasteiger charge is -2.40. The lowest BCUT2D eigenvalue weighted by atomic mass is 10.0. The van der Waals surface area contributed by atoms with Gasteiger partial charge in [0, 0.05) is 45.3 Å². The molecule has 0 aromatic carbocycles. The second-order valence-electron chi connectivity index (χ2n) is 6.12. The minimum atomic E-state index is -0.805. The predicted octanol–water partition coefficient (Wildman–Crippen LogP) is -0.165. The summed E-state index contributed by atoms with van der Waals surface area (Å²) >= 11 is 0. The van der Waals surface area contributed by atoms with Crippen molar-refractivity contribution in [3.63, 3.8) is 0 Å². The molecule has 1 N–H and O–H groups in total. The fraction of sp³-hybridized carbons (Fsp3) is 0.857. The zero-order chi connectivity index (χ0) is 15.4.